The van der Waals surface area contributed by atoms with Crippen molar-refractivity contribution in [3.05, 3.63) is 71.5 Å². The van der Waals surface area contributed by atoms with Gasteiger partial charge in [-0.2, -0.15) is 0 Å². The number of carbonyl (C=O) groups is 2. The Kier molecular flexibility index (Phi) is 5.62. The van der Waals surface area contributed by atoms with Crippen LogP contribution in [0.25, 0.3) is 11.3 Å². The van der Waals surface area contributed by atoms with Crippen LogP contribution in [0.15, 0.2) is 54.7 Å². The lowest BCUT2D eigenvalue weighted by molar-refractivity contribution is 0.0924. The Bertz CT molecular complexity index is 1210. The normalized spacial score (nSPS) is 18.9. The zero-order valence-corrected chi connectivity index (χ0v) is 17.9. The minimum absolute atomic E-state index is 0.0408. The van der Waals surface area contributed by atoms with Crippen LogP contribution in [0.5, 0.6) is 5.75 Å². The number of amides is 2. The molecule has 5 N–H and O–H groups in total. The monoisotopic (exact) mass is 444 g/mol. The summed E-state index contributed by atoms with van der Waals surface area (Å²) >= 11 is 0. The van der Waals surface area contributed by atoms with E-state index in [0.29, 0.717) is 30.0 Å². The number of nitrogens with one attached hydrogen (secondary N) is 3. The fourth-order valence-corrected chi connectivity index (χ4v) is 4.08. The van der Waals surface area contributed by atoms with E-state index in [9.17, 15) is 9.59 Å². The van der Waals surface area contributed by atoms with E-state index in [0.717, 1.165) is 24.3 Å². The third-order valence-electron chi connectivity index (χ3n) is 5.84. The third-order valence-corrected chi connectivity index (χ3v) is 5.84. The number of rotatable bonds is 5. The van der Waals surface area contributed by atoms with E-state index in [1.807, 2.05) is 30.3 Å². The molecule has 1 aromatic heterocycles. The van der Waals surface area contributed by atoms with Gasteiger partial charge in [-0.3, -0.25) is 9.59 Å². The predicted octanol–water partition coefficient (Wildman–Crippen LogP) is 1.68. The van der Waals surface area contributed by atoms with Crippen LogP contribution < -0.4 is 26.4 Å². The Morgan fingerprint density at radius 3 is 2.82 bits per heavy atom. The summed E-state index contributed by atoms with van der Waals surface area (Å²) in [6.07, 6.45) is 2.35. The third kappa shape index (κ3) is 4.35. The van der Waals surface area contributed by atoms with Gasteiger partial charge < -0.3 is 26.4 Å². The van der Waals surface area contributed by atoms with E-state index in [2.05, 4.69) is 25.9 Å². The van der Waals surface area contributed by atoms with E-state index in [1.165, 1.54) is 6.20 Å². The van der Waals surface area contributed by atoms with Gasteiger partial charge in [0.05, 0.1) is 17.9 Å². The fourth-order valence-electron chi connectivity index (χ4n) is 4.08. The van der Waals surface area contributed by atoms with Crippen molar-refractivity contribution in [2.45, 2.75) is 18.5 Å². The Morgan fingerprint density at radius 2 is 1.97 bits per heavy atom. The van der Waals surface area contributed by atoms with Crippen LogP contribution in [0, 0.1) is 0 Å². The molecule has 2 aliphatic heterocycles. The van der Waals surface area contributed by atoms with Crippen molar-refractivity contribution < 1.29 is 14.3 Å². The molecule has 5 rings (SSSR count). The smallest absolute Gasteiger partial charge is 0.274 e. The molecule has 2 atom stereocenters. The first-order valence-corrected chi connectivity index (χ1v) is 10.9. The van der Waals surface area contributed by atoms with E-state index in [1.54, 1.807) is 18.2 Å². The summed E-state index contributed by atoms with van der Waals surface area (Å²) in [6, 6.07) is 14.5. The molecule has 2 aliphatic rings. The molecule has 1 saturated heterocycles. The summed E-state index contributed by atoms with van der Waals surface area (Å²) in [6.45, 7) is 1.97. The molecule has 0 radical (unpaired) electrons. The van der Waals surface area contributed by atoms with Crippen molar-refractivity contribution in [2.24, 2.45) is 0 Å². The Hall–Kier alpha value is -3.98. The minimum atomic E-state index is -0.357. The zero-order valence-electron chi connectivity index (χ0n) is 17.9. The number of nitrogen functional groups attached to an aromatic ring is 1. The molecule has 9 nitrogen and oxygen atoms in total. The lowest BCUT2D eigenvalue weighted by Crippen LogP contribution is -2.37. The van der Waals surface area contributed by atoms with Gasteiger partial charge in [0, 0.05) is 29.3 Å². The number of benzene rings is 2. The quantitative estimate of drug-likeness (QED) is 0.471. The average molecular weight is 444 g/mol. The molecule has 9 heteroatoms. The molecule has 1 unspecified atom stereocenters. The second kappa shape index (κ2) is 8.87. The highest BCUT2D eigenvalue weighted by molar-refractivity contribution is 5.97. The molecule has 33 heavy (non-hydrogen) atoms. The molecular weight excluding hydrogens is 420 g/mol. The van der Waals surface area contributed by atoms with E-state index in [4.69, 9.17) is 10.5 Å². The van der Waals surface area contributed by atoms with Gasteiger partial charge in [-0.25, -0.2) is 9.97 Å². The second-order valence-corrected chi connectivity index (χ2v) is 8.11. The standard InChI is InChI=1S/C24H24N6O3/c25-22-21(24(32)28-16-8-9-26-11-16)29-18(12-27-22)14-4-3-5-15(10-14)23(31)30-19-13-33-20-7-2-1-6-17(19)20/h1-7,10,12,16,19,26H,8-9,11,13H2,(H2,25,27)(H,28,32)(H,30,31)/t16-,19?/m0/s1. The first-order chi connectivity index (χ1) is 16.1. The minimum Gasteiger partial charge on any atom is -0.491 e. The molecule has 3 aromatic rings. The van der Waals surface area contributed by atoms with Gasteiger partial charge in [-0.15, -0.1) is 0 Å². The van der Waals surface area contributed by atoms with Crippen molar-refractivity contribution >= 4 is 17.6 Å². The van der Waals surface area contributed by atoms with Gasteiger partial charge in [0.2, 0.25) is 0 Å². The molecule has 2 aromatic carbocycles. The fraction of sp³-hybridized carbons (Fsp3) is 0.250. The number of fused-ring (bicyclic) bond motifs is 1. The Balaban J connectivity index is 1.34. The average Bonchev–Trinajstić information content (AvgIpc) is 3.49. The molecule has 0 saturated carbocycles. The largest absolute Gasteiger partial charge is 0.491 e. The number of aromatic nitrogens is 2. The number of hydrogen-bond acceptors (Lipinski definition) is 7. The summed E-state index contributed by atoms with van der Waals surface area (Å²) in [5.74, 6) is 0.269. The van der Waals surface area contributed by atoms with Crippen LogP contribution in [0.1, 0.15) is 38.9 Å². The Morgan fingerprint density at radius 1 is 1.09 bits per heavy atom. The van der Waals surface area contributed by atoms with Crippen LogP contribution in [0.4, 0.5) is 5.82 Å². The molecule has 0 spiro atoms. The van der Waals surface area contributed by atoms with Crippen LogP contribution in [0.2, 0.25) is 0 Å². The van der Waals surface area contributed by atoms with Gasteiger partial charge in [0.25, 0.3) is 11.8 Å². The SMILES string of the molecule is Nc1ncc(-c2cccc(C(=O)NC3COc4ccccc43)c2)nc1C(=O)N[C@H]1CCNC1. The zero-order chi connectivity index (χ0) is 22.8. The highest BCUT2D eigenvalue weighted by atomic mass is 16.5. The number of nitrogens with zero attached hydrogens (tertiary/aromatic N) is 2. The van der Waals surface area contributed by atoms with Crippen molar-refractivity contribution in [1.29, 1.82) is 0 Å². The summed E-state index contributed by atoms with van der Waals surface area (Å²) < 4.78 is 5.65. The van der Waals surface area contributed by atoms with Crippen LogP contribution in [-0.2, 0) is 0 Å². The molecule has 168 valence electrons. The first-order valence-electron chi connectivity index (χ1n) is 10.9. The maximum absolute atomic E-state index is 12.9. The maximum atomic E-state index is 12.9. The highest BCUT2D eigenvalue weighted by Gasteiger charge is 2.26. The number of nitrogens with two attached hydrogens (primary N) is 1. The van der Waals surface area contributed by atoms with Gasteiger partial charge in [0.1, 0.15) is 12.4 Å². The van der Waals surface area contributed by atoms with Gasteiger partial charge >= 0.3 is 0 Å². The molecule has 3 heterocycles. The number of hydrogen-bond donors (Lipinski definition) is 4. The lowest BCUT2D eigenvalue weighted by Gasteiger charge is -2.13. The van der Waals surface area contributed by atoms with E-state index < -0.39 is 0 Å². The Labute approximate surface area is 190 Å². The van der Waals surface area contributed by atoms with Crippen LogP contribution >= 0.6 is 0 Å². The summed E-state index contributed by atoms with van der Waals surface area (Å²) in [4.78, 5) is 34.2. The second-order valence-electron chi connectivity index (χ2n) is 8.11. The van der Waals surface area contributed by atoms with Crippen LogP contribution in [-0.4, -0.2) is 47.5 Å². The van der Waals surface area contributed by atoms with Crippen LogP contribution in [0.3, 0.4) is 0 Å². The van der Waals surface area contributed by atoms with Crippen molar-refractivity contribution in [3.8, 4) is 17.0 Å². The molecule has 2 amide bonds. The predicted molar refractivity (Wildman–Crippen MR) is 123 cm³/mol. The highest BCUT2D eigenvalue weighted by Crippen LogP contribution is 2.32. The lowest BCUT2D eigenvalue weighted by atomic mass is 10.1. The number of ether oxygens (including phenoxy) is 1. The van der Waals surface area contributed by atoms with Gasteiger partial charge in [-0.1, -0.05) is 30.3 Å². The van der Waals surface area contributed by atoms with Crippen molar-refractivity contribution in [3.63, 3.8) is 0 Å². The summed E-state index contributed by atoms with van der Waals surface area (Å²) in [5.41, 5.74) is 8.55. The number of anilines is 1. The molecule has 1 fully saturated rings. The van der Waals surface area contributed by atoms with Crippen molar-refractivity contribution in [2.75, 3.05) is 25.4 Å². The first kappa shape index (κ1) is 20.9. The molecule has 0 aliphatic carbocycles. The summed E-state index contributed by atoms with van der Waals surface area (Å²) in [7, 11) is 0. The number of carbonyl (C=O) groups excluding carboxylic acids is 2. The summed E-state index contributed by atoms with van der Waals surface area (Å²) in [5, 5.41) is 9.15. The van der Waals surface area contributed by atoms with Gasteiger partial charge in [0.15, 0.2) is 11.5 Å². The van der Waals surface area contributed by atoms with E-state index >= 15 is 0 Å². The molecular formula is C24H24N6O3. The topological polar surface area (TPSA) is 131 Å². The maximum Gasteiger partial charge on any atom is 0.274 e. The number of para-hydroxylation sites is 1. The van der Waals surface area contributed by atoms with Gasteiger partial charge in [-0.05, 0) is 31.2 Å². The van der Waals surface area contributed by atoms with Crippen molar-refractivity contribution in [1.82, 2.24) is 25.9 Å². The molecule has 0 bridgehead atoms. The van der Waals surface area contributed by atoms with E-state index in [-0.39, 0.29) is 35.4 Å².